The third kappa shape index (κ3) is 1.49. The number of nitrogens with one attached hydrogen (secondary N) is 1. The molecule has 4 heteroatoms. The van der Waals surface area contributed by atoms with Gasteiger partial charge < -0.3 is 10.7 Å². The molecule has 0 bridgehead atoms. The fourth-order valence-electron chi connectivity index (χ4n) is 1.44. The van der Waals surface area contributed by atoms with Crippen LogP contribution in [0.15, 0.2) is 24.5 Å². The van der Waals surface area contributed by atoms with Gasteiger partial charge in [0.1, 0.15) is 0 Å². The summed E-state index contributed by atoms with van der Waals surface area (Å²) in [5.74, 6) is 0. The van der Waals surface area contributed by atoms with Gasteiger partial charge in [0.15, 0.2) is 0 Å². The summed E-state index contributed by atoms with van der Waals surface area (Å²) in [6.45, 7) is 0. The predicted octanol–water partition coefficient (Wildman–Crippen LogP) is 1.08. The number of H-pyrrole nitrogens is 1. The molecule has 0 saturated heterocycles. The number of hydrogen-bond acceptors (Lipinski definition) is 3. The zero-order valence-corrected chi connectivity index (χ0v) is 8.36. The largest absolute Gasteiger partial charge is 0.345 e. The topological polar surface area (TPSA) is 57.9 Å². The quantitative estimate of drug-likeness (QED) is 0.697. The molecule has 2 rings (SSSR count). The first-order valence-corrected chi connectivity index (χ1v) is 4.53. The van der Waals surface area contributed by atoms with Crippen LogP contribution in [0.25, 0.3) is 11.0 Å². The van der Waals surface area contributed by atoms with Crippen molar-refractivity contribution in [2.45, 2.75) is 6.17 Å². The second-order valence-corrected chi connectivity index (χ2v) is 3.59. The monoisotopic (exact) mass is 190 g/mol. The first-order chi connectivity index (χ1) is 6.68. The molecule has 4 nitrogen and oxygen atoms in total. The van der Waals surface area contributed by atoms with E-state index < -0.39 is 0 Å². The Labute approximate surface area is 82.7 Å². The first-order valence-electron chi connectivity index (χ1n) is 4.53. The predicted molar refractivity (Wildman–Crippen MR) is 56.7 cm³/mol. The Morgan fingerprint density at radius 1 is 1.43 bits per heavy atom. The molecule has 14 heavy (non-hydrogen) atoms. The molecule has 0 fully saturated rings. The van der Waals surface area contributed by atoms with Crippen molar-refractivity contribution in [2.24, 2.45) is 5.73 Å². The lowest BCUT2D eigenvalue weighted by atomic mass is 10.1. The molecule has 1 aromatic carbocycles. The summed E-state index contributed by atoms with van der Waals surface area (Å²) in [5.41, 5.74) is 9.08. The SMILES string of the molecule is CN(C)C(N)c1ccc2nc[nH]c2c1. The molecule has 0 radical (unpaired) electrons. The van der Waals surface area contributed by atoms with E-state index in [1.165, 1.54) is 0 Å². The van der Waals surface area contributed by atoms with Crippen molar-refractivity contribution in [3.05, 3.63) is 30.1 Å². The summed E-state index contributed by atoms with van der Waals surface area (Å²) in [7, 11) is 3.92. The van der Waals surface area contributed by atoms with Gasteiger partial charge in [-0.25, -0.2) is 4.98 Å². The summed E-state index contributed by atoms with van der Waals surface area (Å²) in [4.78, 5) is 9.19. The Kier molecular flexibility index (Phi) is 2.23. The van der Waals surface area contributed by atoms with E-state index in [-0.39, 0.29) is 6.17 Å². The first kappa shape index (κ1) is 9.18. The average Bonchev–Trinajstić information content (AvgIpc) is 2.62. The molecule has 74 valence electrons. The Hall–Kier alpha value is -1.39. The Morgan fingerprint density at radius 3 is 2.93 bits per heavy atom. The number of fused-ring (bicyclic) bond motifs is 1. The van der Waals surface area contributed by atoms with Gasteiger partial charge in [-0.2, -0.15) is 0 Å². The Bertz CT molecular complexity index is 432. The highest BCUT2D eigenvalue weighted by Crippen LogP contribution is 2.17. The van der Waals surface area contributed by atoms with Crippen LogP contribution in [0.4, 0.5) is 0 Å². The molecule has 2 aromatic rings. The van der Waals surface area contributed by atoms with Gasteiger partial charge in [0.05, 0.1) is 23.5 Å². The molecule has 0 spiro atoms. The Balaban J connectivity index is 2.43. The van der Waals surface area contributed by atoms with Crippen molar-refractivity contribution in [1.82, 2.24) is 14.9 Å². The number of benzene rings is 1. The molecule has 3 N–H and O–H groups in total. The summed E-state index contributed by atoms with van der Waals surface area (Å²) in [6.07, 6.45) is 1.62. The van der Waals surface area contributed by atoms with Crippen LogP contribution in [0.1, 0.15) is 11.7 Å². The Morgan fingerprint density at radius 2 is 2.21 bits per heavy atom. The number of imidazole rings is 1. The maximum absolute atomic E-state index is 5.99. The van der Waals surface area contributed by atoms with E-state index in [4.69, 9.17) is 5.73 Å². The molecular formula is C10H14N4. The third-order valence-electron chi connectivity index (χ3n) is 2.34. The standard InChI is InChI=1S/C10H14N4/c1-14(2)10(11)7-3-4-8-9(5-7)13-6-12-8/h3-6,10H,11H2,1-2H3,(H,12,13). The van der Waals surface area contributed by atoms with Gasteiger partial charge in [0.25, 0.3) is 0 Å². The van der Waals surface area contributed by atoms with Gasteiger partial charge in [-0.3, -0.25) is 4.90 Å². The highest BCUT2D eigenvalue weighted by Gasteiger charge is 2.08. The minimum Gasteiger partial charge on any atom is -0.345 e. The minimum atomic E-state index is -0.0669. The van der Waals surface area contributed by atoms with Crippen molar-refractivity contribution in [2.75, 3.05) is 14.1 Å². The molecule has 1 unspecified atom stereocenters. The number of rotatable bonds is 2. The molecule has 0 saturated carbocycles. The van der Waals surface area contributed by atoms with Crippen molar-refractivity contribution in [1.29, 1.82) is 0 Å². The average molecular weight is 190 g/mol. The zero-order valence-electron chi connectivity index (χ0n) is 8.36. The van der Waals surface area contributed by atoms with Crippen LogP contribution in [0.5, 0.6) is 0 Å². The molecule has 0 aliphatic carbocycles. The number of nitrogens with zero attached hydrogens (tertiary/aromatic N) is 2. The minimum absolute atomic E-state index is 0.0669. The summed E-state index contributed by atoms with van der Waals surface area (Å²) < 4.78 is 0. The fourth-order valence-corrected chi connectivity index (χ4v) is 1.44. The van der Waals surface area contributed by atoms with Crippen LogP contribution in [-0.2, 0) is 0 Å². The molecular weight excluding hydrogens is 176 g/mol. The van der Waals surface area contributed by atoms with Gasteiger partial charge in [0, 0.05) is 0 Å². The van der Waals surface area contributed by atoms with Crippen molar-refractivity contribution in [3.8, 4) is 0 Å². The molecule has 0 amide bonds. The van der Waals surface area contributed by atoms with Crippen LogP contribution >= 0.6 is 0 Å². The molecule has 1 heterocycles. The lowest BCUT2D eigenvalue weighted by Crippen LogP contribution is -2.27. The van der Waals surface area contributed by atoms with E-state index in [0.717, 1.165) is 16.6 Å². The molecule has 0 aliphatic heterocycles. The van der Waals surface area contributed by atoms with Gasteiger partial charge in [-0.05, 0) is 31.8 Å². The highest BCUT2D eigenvalue weighted by atomic mass is 15.2. The highest BCUT2D eigenvalue weighted by molar-refractivity contribution is 5.75. The lowest BCUT2D eigenvalue weighted by molar-refractivity contribution is 0.307. The van der Waals surface area contributed by atoms with E-state index >= 15 is 0 Å². The van der Waals surface area contributed by atoms with Crippen LogP contribution in [0.2, 0.25) is 0 Å². The van der Waals surface area contributed by atoms with Gasteiger partial charge in [-0.1, -0.05) is 6.07 Å². The second kappa shape index (κ2) is 3.40. The second-order valence-electron chi connectivity index (χ2n) is 3.59. The van der Waals surface area contributed by atoms with E-state index in [0.29, 0.717) is 0 Å². The molecule has 1 aromatic heterocycles. The van der Waals surface area contributed by atoms with Crippen molar-refractivity contribution < 1.29 is 0 Å². The summed E-state index contributed by atoms with van der Waals surface area (Å²) >= 11 is 0. The van der Waals surface area contributed by atoms with Crippen molar-refractivity contribution >= 4 is 11.0 Å². The number of aromatic amines is 1. The van der Waals surface area contributed by atoms with E-state index in [9.17, 15) is 0 Å². The van der Waals surface area contributed by atoms with Crippen molar-refractivity contribution in [3.63, 3.8) is 0 Å². The maximum atomic E-state index is 5.99. The molecule has 1 atom stereocenters. The van der Waals surface area contributed by atoms with Gasteiger partial charge in [0.2, 0.25) is 0 Å². The third-order valence-corrected chi connectivity index (χ3v) is 2.34. The van der Waals surface area contributed by atoms with E-state index in [1.54, 1.807) is 6.33 Å². The fraction of sp³-hybridized carbons (Fsp3) is 0.300. The summed E-state index contributed by atoms with van der Waals surface area (Å²) in [6, 6.07) is 6.02. The summed E-state index contributed by atoms with van der Waals surface area (Å²) in [5, 5.41) is 0. The number of hydrogen-bond donors (Lipinski definition) is 2. The van der Waals surface area contributed by atoms with Gasteiger partial charge >= 0.3 is 0 Å². The maximum Gasteiger partial charge on any atom is 0.0931 e. The van der Waals surface area contributed by atoms with Crippen LogP contribution in [0, 0.1) is 0 Å². The smallest absolute Gasteiger partial charge is 0.0931 e. The number of aromatic nitrogens is 2. The van der Waals surface area contributed by atoms with Crippen LogP contribution in [0.3, 0.4) is 0 Å². The van der Waals surface area contributed by atoms with Crippen LogP contribution in [-0.4, -0.2) is 29.0 Å². The lowest BCUT2D eigenvalue weighted by Gasteiger charge is -2.19. The number of nitrogens with two attached hydrogens (primary N) is 1. The molecule has 0 aliphatic rings. The van der Waals surface area contributed by atoms with E-state index in [2.05, 4.69) is 9.97 Å². The normalized spacial score (nSPS) is 13.7. The van der Waals surface area contributed by atoms with Gasteiger partial charge in [-0.15, -0.1) is 0 Å². The zero-order chi connectivity index (χ0) is 10.1. The van der Waals surface area contributed by atoms with Crippen LogP contribution < -0.4 is 5.73 Å². The van der Waals surface area contributed by atoms with E-state index in [1.807, 2.05) is 37.2 Å².